The summed E-state index contributed by atoms with van der Waals surface area (Å²) in [5.41, 5.74) is 1.16. The van der Waals surface area contributed by atoms with Crippen LogP contribution in [0.3, 0.4) is 0 Å². The summed E-state index contributed by atoms with van der Waals surface area (Å²) in [5.74, 6) is 0. The molecule has 0 radical (unpaired) electrons. The molecule has 4 heteroatoms. The second kappa shape index (κ2) is 2.42. The van der Waals surface area contributed by atoms with Gasteiger partial charge in [0.25, 0.3) is 0 Å². The van der Waals surface area contributed by atoms with E-state index in [9.17, 15) is 0 Å². The molecule has 4 nitrogen and oxygen atoms in total. The average molecular weight is 176 g/mol. The smallest absolute Gasteiger partial charge is 0.127 e. The number of nitrogens with zero attached hydrogens (tertiary/aromatic N) is 2. The Balaban J connectivity index is 2.06. The minimum Gasteiger partial charge on any atom is -0.348 e. The third kappa shape index (κ3) is 0.836. The van der Waals surface area contributed by atoms with Crippen LogP contribution in [0, 0.1) is 0 Å². The second-order valence-corrected chi connectivity index (χ2v) is 3.68. The molecule has 68 valence electrons. The van der Waals surface area contributed by atoms with Crippen LogP contribution in [0.2, 0.25) is 0 Å². The molecule has 3 heterocycles. The molecule has 1 saturated heterocycles. The van der Waals surface area contributed by atoms with Crippen LogP contribution >= 0.6 is 0 Å². The van der Waals surface area contributed by atoms with Gasteiger partial charge in [0, 0.05) is 18.5 Å². The van der Waals surface area contributed by atoms with E-state index < -0.39 is 0 Å². The number of aliphatic imine (C=N–C) groups is 2. The Morgan fingerprint density at radius 2 is 2.54 bits per heavy atom. The van der Waals surface area contributed by atoms with Crippen molar-refractivity contribution < 1.29 is 0 Å². The van der Waals surface area contributed by atoms with E-state index in [1.807, 2.05) is 12.3 Å². The lowest BCUT2D eigenvalue weighted by Gasteiger charge is -2.39. The lowest BCUT2D eigenvalue weighted by atomic mass is 9.81. The van der Waals surface area contributed by atoms with Crippen LogP contribution in [-0.2, 0) is 0 Å². The van der Waals surface area contributed by atoms with Gasteiger partial charge in [0.1, 0.15) is 5.54 Å². The molecule has 0 aliphatic carbocycles. The minimum atomic E-state index is -0.0556. The standard InChI is InChI=1S/C9H12N4/c1-3-11-8-5-10-4-2-9(8)7(1)12-6-13-9/h1,3,6,8,10H,2,4-5H2,(H,12,13)/t8-,9-/m1/s1. The Morgan fingerprint density at radius 1 is 1.54 bits per heavy atom. The molecule has 0 unspecified atom stereocenters. The van der Waals surface area contributed by atoms with E-state index in [1.165, 1.54) is 5.70 Å². The van der Waals surface area contributed by atoms with E-state index >= 15 is 0 Å². The van der Waals surface area contributed by atoms with E-state index in [0.29, 0.717) is 0 Å². The molecule has 3 aliphatic heterocycles. The van der Waals surface area contributed by atoms with Gasteiger partial charge in [0.05, 0.1) is 12.4 Å². The van der Waals surface area contributed by atoms with Gasteiger partial charge in [0.2, 0.25) is 0 Å². The number of dihydropyridines is 1. The predicted molar refractivity (Wildman–Crippen MR) is 52.2 cm³/mol. The van der Waals surface area contributed by atoms with Crippen molar-refractivity contribution in [3.8, 4) is 0 Å². The summed E-state index contributed by atoms with van der Waals surface area (Å²) in [5, 5.41) is 6.55. The highest BCUT2D eigenvalue weighted by molar-refractivity contribution is 5.79. The summed E-state index contributed by atoms with van der Waals surface area (Å²) in [7, 11) is 0. The Bertz CT molecular complexity index is 318. The Hall–Kier alpha value is -1.16. The van der Waals surface area contributed by atoms with E-state index in [2.05, 4.69) is 20.6 Å². The molecular formula is C9H12N4. The zero-order valence-corrected chi connectivity index (χ0v) is 7.33. The third-order valence-corrected chi connectivity index (χ3v) is 3.06. The van der Waals surface area contributed by atoms with Crippen LogP contribution < -0.4 is 10.6 Å². The van der Waals surface area contributed by atoms with Crippen molar-refractivity contribution in [2.45, 2.75) is 18.0 Å². The Morgan fingerprint density at radius 3 is 3.54 bits per heavy atom. The highest BCUT2D eigenvalue weighted by Crippen LogP contribution is 2.35. The number of piperidine rings is 1. The fourth-order valence-corrected chi connectivity index (χ4v) is 2.32. The molecule has 13 heavy (non-hydrogen) atoms. The highest BCUT2D eigenvalue weighted by Gasteiger charge is 2.46. The second-order valence-electron chi connectivity index (χ2n) is 3.68. The number of allylic oxidation sites excluding steroid dienone is 1. The van der Waals surface area contributed by atoms with Crippen LogP contribution in [-0.4, -0.2) is 37.2 Å². The summed E-state index contributed by atoms with van der Waals surface area (Å²) in [6.45, 7) is 1.97. The van der Waals surface area contributed by atoms with Crippen molar-refractivity contribution in [3.05, 3.63) is 11.8 Å². The molecule has 0 aromatic heterocycles. The summed E-state index contributed by atoms with van der Waals surface area (Å²) in [4.78, 5) is 9.02. The zero-order chi connectivity index (χ0) is 8.73. The van der Waals surface area contributed by atoms with Crippen LogP contribution in [0.15, 0.2) is 21.8 Å². The fourth-order valence-electron chi connectivity index (χ4n) is 2.32. The van der Waals surface area contributed by atoms with E-state index in [4.69, 9.17) is 0 Å². The zero-order valence-electron chi connectivity index (χ0n) is 7.33. The summed E-state index contributed by atoms with van der Waals surface area (Å²) in [6.07, 6.45) is 6.77. The molecular weight excluding hydrogens is 164 g/mol. The van der Waals surface area contributed by atoms with Gasteiger partial charge in [-0.25, -0.2) is 0 Å². The Labute approximate surface area is 76.8 Å². The van der Waals surface area contributed by atoms with Gasteiger partial charge in [0.15, 0.2) is 0 Å². The minimum absolute atomic E-state index is 0.0556. The van der Waals surface area contributed by atoms with Gasteiger partial charge in [-0.15, -0.1) is 0 Å². The molecule has 0 amide bonds. The molecule has 3 aliphatic rings. The number of nitrogens with one attached hydrogen (secondary N) is 2. The van der Waals surface area contributed by atoms with Gasteiger partial charge in [-0.1, -0.05) is 0 Å². The molecule has 1 fully saturated rings. The monoisotopic (exact) mass is 176 g/mol. The van der Waals surface area contributed by atoms with E-state index in [-0.39, 0.29) is 11.6 Å². The maximum absolute atomic E-state index is 4.55. The predicted octanol–water partition coefficient (Wildman–Crippen LogP) is -0.313. The van der Waals surface area contributed by atoms with Crippen LogP contribution in [0.4, 0.5) is 0 Å². The van der Waals surface area contributed by atoms with Crippen molar-refractivity contribution in [3.63, 3.8) is 0 Å². The number of hydrogen-bond donors (Lipinski definition) is 2. The van der Waals surface area contributed by atoms with Crippen LogP contribution in [0.5, 0.6) is 0 Å². The van der Waals surface area contributed by atoms with Crippen molar-refractivity contribution >= 4 is 12.6 Å². The van der Waals surface area contributed by atoms with Crippen molar-refractivity contribution in [1.29, 1.82) is 0 Å². The SMILES string of the molecule is C1=N[C@@H]2CNCC[C@]23N=CNC3=C1. The average Bonchev–Trinajstić information content (AvgIpc) is 2.58. The molecule has 1 spiro atoms. The first kappa shape index (κ1) is 7.26. The molecule has 0 aromatic carbocycles. The summed E-state index contributed by atoms with van der Waals surface area (Å²) >= 11 is 0. The summed E-state index contributed by atoms with van der Waals surface area (Å²) in [6, 6.07) is 0.285. The molecule has 0 saturated carbocycles. The molecule has 3 rings (SSSR count). The van der Waals surface area contributed by atoms with E-state index in [0.717, 1.165) is 19.5 Å². The van der Waals surface area contributed by atoms with Gasteiger partial charge in [-0.2, -0.15) is 0 Å². The maximum atomic E-state index is 4.55. The van der Waals surface area contributed by atoms with Crippen LogP contribution in [0.25, 0.3) is 0 Å². The Kier molecular flexibility index (Phi) is 1.35. The third-order valence-electron chi connectivity index (χ3n) is 3.06. The lowest BCUT2D eigenvalue weighted by molar-refractivity contribution is 0.315. The van der Waals surface area contributed by atoms with Crippen molar-refractivity contribution in [2.75, 3.05) is 13.1 Å². The number of hydrogen-bond acceptors (Lipinski definition) is 4. The first-order valence-corrected chi connectivity index (χ1v) is 4.67. The van der Waals surface area contributed by atoms with Gasteiger partial charge in [-0.05, 0) is 19.0 Å². The van der Waals surface area contributed by atoms with Gasteiger partial charge >= 0.3 is 0 Å². The molecule has 2 atom stereocenters. The van der Waals surface area contributed by atoms with Gasteiger partial charge in [-0.3, -0.25) is 9.98 Å². The quantitative estimate of drug-likeness (QED) is 0.532. The van der Waals surface area contributed by atoms with Crippen molar-refractivity contribution in [1.82, 2.24) is 10.6 Å². The fraction of sp³-hybridized carbons (Fsp3) is 0.556. The van der Waals surface area contributed by atoms with Crippen LogP contribution in [0.1, 0.15) is 6.42 Å². The van der Waals surface area contributed by atoms with Gasteiger partial charge < -0.3 is 10.6 Å². The highest BCUT2D eigenvalue weighted by atomic mass is 15.2. The molecule has 2 N–H and O–H groups in total. The van der Waals surface area contributed by atoms with E-state index in [1.54, 1.807) is 6.34 Å². The number of rotatable bonds is 0. The topological polar surface area (TPSA) is 48.8 Å². The first-order valence-electron chi connectivity index (χ1n) is 4.67. The molecule has 0 bridgehead atoms. The first-order chi connectivity index (χ1) is 6.42. The largest absolute Gasteiger partial charge is 0.348 e. The lowest BCUT2D eigenvalue weighted by Crippen LogP contribution is -2.54. The normalized spacial score (nSPS) is 40.6. The van der Waals surface area contributed by atoms with Crippen molar-refractivity contribution in [2.24, 2.45) is 9.98 Å². The maximum Gasteiger partial charge on any atom is 0.127 e. The summed E-state index contributed by atoms with van der Waals surface area (Å²) < 4.78 is 0. The molecule has 0 aromatic rings.